The highest BCUT2D eigenvalue weighted by atomic mass is 19.1. The number of hydrogen-bond acceptors (Lipinski definition) is 3. The Hall–Kier alpha value is -2.57. The average Bonchev–Trinajstić information content (AvgIpc) is 2.40. The van der Waals surface area contributed by atoms with Gasteiger partial charge in [-0.05, 0) is 31.5 Å². The Morgan fingerprint density at radius 1 is 1.29 bits per heavy atom. The second-order valence-electron chi connectivity index (χ2n) is 4.58. The highest BCUT2D eigenvalue weighted by Crippen LogP contribution is 2.15. The maximum Gasteiger partial charge on any atom is 0.267 e. The molecule has 110 valence electrons. The van der Waals surface area contributed by atoms with Gasteiger partial charge in [0.15, 0.2) is 0 Å². The van der Waals surface area contributed by atoms with Crippen molar-refractivity contribution in [2.45, 2.75) is 20.4 Å². The van der Waals surface area contributed by atoms with E-state index in [1.807, 2.05) is 0 Å². The summed E-state index contributed by atoms with van der Waals surface area (Å²) in [7, 11) is 0. The fraction of sp³-hybridized carbons (Fsp3) is 0.214. The molecule has 21 heavy (non-hydrogen) atoms. The van der Waals surface area contributed by atoms with Crippen molar-refractivity contribution in [3.8, 4) is 0 Å². The van der Waals surface area contributed by atoms with E-state index in [1.165, 1.54) is 6.07 Å². The van der Waals surface area contributed by atoms with Crippen molar-refractivity contribution in [1.82, 2.24) is 9.78 Å². The lowest BCUT2D eigenvalue weighted by atomic mass is 10.2. The summed E-state index contributed by atoms with van der Waals surface area (Å²) in [5.74, 6) is -2.10. The molecule has 0 saturated heterocycles. The highest BCUT2D eigenvalue weighted by Gasteiger charge is 2.11. The van der Waals surface area contributed by atoms with Crippen LogP contribution in [0.2, 0.25) is 0 Å². The Morgan fingerprint density at radius 2 is 2.00 bits per heavy atom. The molecular weight excluding hydrogens is 280 g/mol. The van der Waals surface area contributed by atoms with Crippen molar-refractivity contribution >= 4 is 11.6 Å². The van der Waals surface area contributed by atoms with E-state index in [4.69, 9.17) is 0 Å². The second kappa shape index (κ2) is 5.82. The van der Waals surface area contributed by atoms with Crippen molar-refractivity contribution in [2.24, 2.45) is 0 Å². The SMILES string of the molecule is Cc1cc(=O)n(CC(=O)Nc2cc(F)ccc2F)nc1C. The van der Waals surface area contributed by atoms with Gasteiger partial charge in [0, 0.05) is 12.1 Å². The third-order valence-electron chi connectivity index (χ3n) is 2.93. The Labute approximate surface area is 119 Å². The van der Waals surface area contributed by atoms with Gasteiger partial charge in [0.2, 0.25) is 5.91 Å². The normalized spacial score (nSPS) is 10.5. The van der Waals surface area contributed by atoms with Crippen molar-refractivity contribution in [3.63, 3.8) is 0 Å². The number of rotatable bonds is 3. The number of aryl methyl sites for hydroxylation is 2. The topological polar surface area (TPSA) is 64.0 Å². The van der Waals surface area contributed by atoms with Gasteiger partial charge < -0.3 is 5.32 Å². The zero-order chi connectivity index (χ0) is 15.6. The Bertz CT molecular complexity index is 756. The van der Waals surface area contributed by atoms with Crippen LogP contribution in [0.5, 0.6) is 0 Å². The number of aromatic nitrogens is 2. The van der Waals surface area contributed by atoms with E-state index in [1.54, 1.807) is 13.8 Å². The van der Waals surface area contributed by atoms with Gasteiger partial charge in [-0.3, -0.25) is 9.59 Å². The Kier molecular flexibility index (Phi) is 4.11. The molecule has 2 rings (SSSR count). The van der Waals surface area contributed by atoms with E-state index in [0.29, 0.717) is 11.3 Å². The number of nitrogens with one attached hydrogen (secondary N) is 1. The maximum atomic E-state index is 13.4. The second-order valence-corrected chi connectivity index (χ2v) is 4.58. The molecule has 0 aliphatic heterocycles. The van der Waals surface area contributed by atoms with Crippen LogP contribution in [0, 0.1) is 25.5 Å². The molecule has 0 spiro atoms. The monoisotopic (exact) mass is 293 g/mol. The summed E-state index contributed by atoms with van der Waals surface area (Å²) in [4.78, 5) is 23.5. The molecule has 1 heterocycles. The molecule has 0 unspecified atom stereocenters. The Balaban J connectivity index is 2.17. The van der Waals surface area contributed by atoms with E-state index in [2.05, 4.69) is 10.4 Å². The average molecular weight is 293 g/mol. The molecule has 1 amide bonds. The summed E-state index contributed by atoms with van der Waals surface area (Å²) in [6, 6.07) is 4.08. The van der Waals surface area contributed by atoms with Crippen molar-refractivity contribution < 1.29 is 13.6 Å². The first kappa shape index (κ1) is 14.8. The molecule has 0 atom stereocenters. The number of carbonyl (C=O) groups excluding carboxylic acids is 1. The maximum absolute atomic E-state index is 13.4. The van der Waals surface area contributed by atoms with Crippen LogP contribution in [0.15, 0.2) is 29.1 Å². The van der Waals surface area contributed by atoms with E-state index in [-0.39, 0.29) is 12.2 Å². The largest absolute Gasteiger partial charge is 0.322 e. The minimum Gasteiger partial charge on any atom is -0.322 e. The van der Waals surface area contributed by atoms with Gasteiger partial charge in [-0.1, -0.05) is 0 Å². The van der Waals surface area contributed by atoms with Crippen LogP contribution < -0.4 is 10.9 Å². The molecule has 5 nitrogen and oxygen atoms in total. The molecule has 1 aromatic carbocycles. The van der Waals surface area contributed by atoms with Gasteiger partial charge >= 0.3 is 0 Å². The lowest BCUT2D eigenvalue weighted by Crippen LogP contribution is -2.30. The number of hydrogen-bond donors (Lipinski definition) is 1. The van der Waals surface area contributed by atoms with Gasteiger partial charge in [-0.25, -0.2) is 13.5 Å². The zero-order valence-electron chi connectivity index (χ0n) is 11.5. The number of halogens is 2. The third kappa shape index (κ3) is 3.50. The fourth-order valence-electron chi connectivity index (χ4n) is 1.71. The number of carbonyl (C=O) groups is 1. The summed E-state index contributed by atoms with van der Waals surface area (Å²) < 4.78 is 27.4. The number of amides is 1. The summed E-state index contributed by atoms with van der Waals surface area (Å²) in [6.45, 7) is 3.06. The number of nitrogens with zero attached hydrogens (tertiary/aromatic N) is 2. The molecule has 0 radical (unpaired) electrons. The quantitative estimate of drug-likeness (QED) is 0.938. The van der Waals surface area contributed by atoms with Crippen LogP contribution >= 0.6 is 0 Å². The molecule has 0 aliphatic carbocycles. The van der Waals surface area contributed by atoms with Crippen molar-refractivity contribution in [3.05, 3.63) is 57.5 Å². The van der Waals surface area contributed by atoms with Crippen LogP contribution in [0.4, 0.5) is 14.5 Å². The first-order valence-corrected chi connectivity index (χ1v) is 6.17. The van der Waals surface area contributed by atoms with Gasteiger partial charge in [0.1, 0.15) is 18.2 Å². The van der Waals surface area contributed by atoms with Crippen LogP contribution in [-0.2, 0) is 11.3 Å². The molecule has 0 aliphatic rings. The summed E-state index contributed by atoms with van der Waals surface area (Å²) >= 11 is 0. The molecule has 0 fully saturated rings. The minimum atomic E-state index is -0.759. The molecule has 1 N–H and O–H groups in total. The standard InChI is InChI=1S/C14H13F2N3O2/c1-8-5-14(21)19(18-9(8)2)7-13(20)17-12-6-10(15)3-4-11(12)16/h3-6H,7H2,1-2H3,(H,17,20). The molecule has 2 aromatic rings. The first-order valence-electron chi connectivity index (χ1n) is 6.17. The summed E-state index contributed by atoms with van der Waals surface area (Å²) in [5, 5.41) is 6.18. The zero-order valence-corrected chi connectivity index (χ0v) is 11.5. The summed E-state index contributed by atoms with van der Waals surface area (Å²) in [5.41, 5.74) is 0.608. The van der Waals surface area contributed by atoms with Crippen LogP contribution in [0.3, 0.4) is 0 Å². The summed E-state index contributed by atoms with van der Waals surface area (Å²) in [6.07, 6.45) is 0. The highest BCUT2D eigenvalue weighted by molar-refractivity contribution is 5.90. The van der Waals surface area contributed by atoms with Gasteiger partial charge in [0.25, 0.3) is 5.56 Å². The van der Waals surface area contributed by atoms with Crippen molar-refractivity contribution in [2.75, 3.05) is 5.32 Å². The fourth-order valence-corrected chi connectivity index (χ4v) is 1.71. The molecule has 0 saturated carbocycles. The lowest BCUT2D eigenvalue weighted by molar-refractivity contribution is -0.117. The van der Waals surface area contributed by atoms with Gasteiger partial charge in [-0.15, -0.1) is 0 Å². The molecule has 1 aromatic heterocycles. The van der Waals surface area contributed by atoms with Crippen LogP contribution in [0.1, 0.15) is 11.3 Å². The van der Waals surface area contributed by atoms with E-state index < -0.39 is 23.1 Å². The van der Waals surface area contributed by atoms with Crippen LogP contribution in [0.25, 0.3) is 0 Å². The Morgan fingerprint density at radius 3 is 2.71 bits per heavy atom. The predicted octanol–water partition coefficient (Wildman–Crippen LogP) is 1.78. The number of anilines is 1. The number of benzene rings is 1. The minimum absolute atomic E-state index is 0.281. The van der Waals surface area contributed by atoms with E-state index in [0.717, 1.165) is 22.9 Å². The predicted molar refractivity (Wildman–Crippen MR) is 73.0 cm³/mol. The third-order valence-corrected chi connectivity index (χ3v) is 2.93. The van der Waals surface area contributed by atoms with Gasteiger partial charge in [-0.2, -0.15) is 5.10 Å². The van der Waals surface area contributed by atoms with Gasteiger partial charge in [0.05, 0.1) is 11.4 Å². The van der Waals surface area contributed by atoms with Crippen molar-refractivity contribution in [1.29, 1.82) is 0 Å². The molecule has 0 bridgehead atoms. The molecule has 7 heteroatoms. The van der Waals surface area contributed by atoms with E-state index >= 15 is 0 Å². The molecular formula is C14H13F2N3O2. The smallest absolute Gasteiger partial charge is 0.267 e. The van der Waals surface area contributed by atoms with E-state index in [9.17, 15) is 18.4 Å². The lowest BCUT2D eigenvalue weighted by Gasteiger charge is -2.09. The first-order chi connectivity index (χ1) is 9.86. The van der Waals surface area contributed by atoms with Crippen LogP contribution in [-0.4, -0.2) is 15.7 Å².